The molecule has 2 aliphatic rings. The summed E-state index contributed by atoms with van der Waals surface area (Å²) in [6.07, 6.45) is 1.21. The van der Waals surface area contributed by atoms with Gasteiger partial charge in [-0.1, -0.05) is 12.1 Å². The highest BCUT2D eigenvalue weighted by atomic mass is 32.2. The van der Waals surface area contributed by atoms with Crippen LogP contribution in [-0.4, -0.2) is 76.5 Å². The number of carbonyl (C=O) groups excluding carboxylic acids is 3. The minimum absolute atomic E-state index is 0.0350. The maximum Gasteiger partial charge on any atom is 0.272 e. The first-order chi connectivity index (χ1) is 18.4. The maximum atomic E-state index is 13.6. The molecular weight excluding hydrogens is 522 g/mol. The smallest absolute Gasteiger partial charge is 0.272 e. The Labute approximate surface area is 227 Å². The number of carbonyl (C=O) groups is 3. The lowest BCUT2D eigenvalue weighted by Gasteiger charge is -2.35. The number of hydrogen-bond acceptors (Lipinski definition) is 8. The summed E-state index contributed by atoms with van der Waals surface area (Å²) in [6, 6.07) is 8.89. The molecule has 39 heavy (non-hydrogen) atoms. The molecule has 12 nitrogen and oxygen atoms in total. The maximum absolute atomic E-state index is 13.6. The lowest BCUT2D eigenvalue weighted by Crippen LogP contribution is -2.54. The summed E-state index contributed by atoms with van der Waals surface area (Å²) < 4.78 is 26.3. The molecule has 0 atom stereocenters. The molecule has 13 heteroatoms. The van der Waals surface area contributed by atoms with E-state index in [-0.39, 0.29) is 50.0 Å². The number of benzene rings is 1. The molecule has 0 bridgehead atoms. The topological polar surface area (TPSA) is 180 Å². The van der Waals surface area contributed by atoms with Crippen LogP contribution in [0.5, 0.6) is 0 Å². The molecule has 0 spiro atoms. The molecule has 1 fully saturated rings. The number of nitrogens with two attached hydrogens (primary N) is 1. The Morgan fingerprint density at radius 1 is 1.21 bits per heavy atom. The van der Waals surface area contributed by atoms with E-state index in [1.165, 1.54) is 9.58 Å². The molecule has 1 saturated carbocycles. The van der Waals surface area contributed by atoms with Crippen molar-refractivity contribution in [3.05, 3.63) is 52.3 Å². The van der Waals surface area contributed by atoms with Crippen molar-refractivity contribution in [2.24, 2.45) is 12.8 Å². The van der Waals surface area contributed by atoms with E-state index in [0.717, 1.165) is 5.56 Å². The lowest BCUT2D eigenvalue weighted by atomic mass is 10.0. The minimum Gasteiger partial charge on any atom is -0.353 e. The Morgan fingerprint density at radius 2 is 1.87 bits per heavy atom. The van der Waals surface area contributed by atoms with Gasteiger partial charge in [-0.25, -0.2) is 8.42 Å². The van der Waals surface area contributed by atoms with Crippen molar-refractivity contribution < 1.29 is 22.8 Å². The molecule has 208 valence electrons. The Balaban J connectivity index is 1.47. The standard InChI is InChI=1S/C26H33N7O5S/c1-25(2,15-30-20(34)13-28)39(37,38)26(9-10-26)16-33-11-8-19-21(31-32(3)22(19)24(33)36)23(35)29-14-18-6-4-17(12-27)5-7-18/h4-7H,8-11,13-16,28H2,1-3H3,(H,29,35)(H,30,34). The van der Waals surface area contributed by atoms with E-state index < -0.39 is 31.1 Å². The molecule has 0 saturated heterocycles. The van der Waals surface area contributed by atoms with Gasteiger partial charge in [0.15, 0.2) is 15.5 Å². The number of hydrogen-bond donors (Lipinski definition) is 3. The molecule has 0 unspecified atom stereocenters. The lowest BCUT2D eigenvalue weighted by molar-refractivity contribution is -0.119. The van der Waals surface area contributed by atoms with Gasteiger partial charge >= 0.3 is 0 Å². The first kappa shape index (κ1) is 28.3. The van der Waals surface area contributed by atoms with E-state index in [0.29, 0.717) is 30.4 Å². The highest BCUT2D eigenvalue weighted by Gasteiger charge is 2.61. The van der Waals surface area contributed by atoms with Gasteiger partial charge in [0.05, 0.1) is 27.7 Å². The monoisotopic (exact) mass is 555 g/mol. The average molecular weight is 556 g/mol. The quantitative estimate of drug-likeness (QED) is 0.367. The zero-order valence-corrected chi connectivity index (χ0v) is 23.1. The van der Waals surface area contributed by atoms with E-state index in [1.807, 2.05) is 6.07 Å². The second-order valence-electron chi connectivity index (χ2n) is 10.7. The molecule has 2 aromatic rings. The van der Waals surface area contributed by atoms with Gasteiger partial charge in [-0.2, -0.15) is 10.4 Å². The third-order valence-corrected chi connectivity index (χ3v) is 10.8. The summed E-state index contributed by atoms with van der Waals surface area (Å²) in [6.45, 7) is 3.36. The number of aryl methyl sites for hydroxylation is 1. The van der Waals surface area contributed by atoms with Crippen LogP contribution in [0.1, 0.15) is 64.4 Å². The van der Waals surface area contributed by atoms with Crippen LogP contribution in [0.25, 0.3) is 0 Å². The number of rotatable bonds is 10. The van der Waals surface area contributed by atoms with Gasteiger partial charge in [0, 0.05) is 38.8 Å². The van der Waals surface area contributed by atoms with Gasteiger partial charge < -0.3 is 21.3 Å². The highest BCUT2D eigenvalue weighted by molar-refractivity contribution is 7.94. The molecule has 2 heterocycles. The van der Waals surface area contributed by atoms with Crippen LogP contribution in [0.3, 0.4) is 0 Å². The minimum atomic E-state index is -3.74. The fraction of sp³-hybridized carbons (Fsp3) is 0.500. The highest BCUT2D eigenvalue weighted by Crippen LogP contribution is 2.49. The molecule has 3 amide bonds. The van der Waals surface area contributed by atoms with Gasteiger partial charge in [0.1, 0.15) is 5.69 Å². The van der Waals surface area contributed by atoms with Crippen molar-refractivity contribution >= 4 is 27.6 Å². The predicted octanol–water partition coefficient (Wildman–Crippen LogP) is 0.0210. The fourth-order valence-corrected chi connectivity index (χ4v) is 7.33. The van der Waals surface area contributed by atoms with Crippen LogP contribution >= 0.6 is 0 Å². The molecule has 1 aliphatic carbocycles. The van der Waals surface area contributed by atoms with Gasteiger partial charge in [-0.15, -0.1) is 0 Å². The van der Waals surface area contributed by atoms with Crippen LogP contribution in [0.15, 0.2) is 24.3 Å². The number of nitriles is 1. The molecule has 0 radical (unpaired) electrons. The second-order valence-corrected chi connectivity index (χ2v) is 13.7. The molecular formula is C26H33N7O5S. The van der Waals surface area contributed by atoms with E-state index in [4.69, 9.17) is 11.0 Å². The van der Waals surface area contributed by atoms with Crippen LogP contribution in [0.4, 0.5) is 0 Å². The van der Waals surface area contributed by atoms with E-state index in [9.17, 15) is 22.8 Å². The first-order valence-electron chi connectivity index (χ1n) is 12.7. The SMILES string of the molecule is Cn1nc(C(=O)NCc2ccc(C#N)cc2)c2c1C(=O)N(CC1(S(=O)(=O)C(C)(C)CNC(=O)CN)CC1)CC2. The largest absolute Gasteiger partial charge is 0.353 e. The second kappa shape index (κ2) is 10.4. The van der Waals surface area contributed by atoms with Crippen LogP contribution < -0.4 is 16.4 Å². The van der Waals surface area contributed by atoms with Gasteiger partial charge in [0.25, 0.3) is 11.8 Å². The van der Waals surface area contributed by atoms with E-state index in [1.54, 1.807) is 45.2 Å². The average Bonchev–Trinajstić information content (AvgIpc) is 3.63. The number of nitrogens with one attached hydrogen (secondary N) is 2. The Morgan fingerprint density at radius 3 is 2.46 bits per heavy atom. The van der Waals surface area contributed by atoms with Crippen molar-refractivity contribution in [3.8, 4) is 6.07 Å². The summed E-state index contributed by atoms with van der Waals surface area (Å²) in [4.78, 5) is 39.6. The fourth-order valence-electron chi connectivity index (χ4n) is 4.93. The number of amides is 3. The Bertz CT molecular complexity index is 1450. The van der Waals surface area contributed by atoms with Crippen LogP contribution in [0.2, 0.25) is 0 Å². The van der Waals surface area contributed by atoms with Crippen molar-refractivity contribution in [2.45, 2.75) is 49.1 Å². The zero-order valence-electron chi connectivity index (χ0n) is 22.3. The Kier molecular flexibility index (Phi) is 7.55. The number of aromatic nitrogens is 2. The molecule has 4 rings (SSSR count). The van der Waals surface area contributed by atoms with E-state index in [2.05, 4.69) is 15.7 Å². The number of fused-ring (bicyclic) bond motifs is 1. The first-order valence-corrected chi connectivity index (χ1v) is 14.2. The third kappa shape index (κ3) is 5.26. The zero-order chi connectivity index (χ0) is 28.6. The Hall–Kier alpha value is -3.76. The summed E-state index contributed by atoms with van der Waals surface area (Å²) in [5.74, 6) is -1.22. The summed E-state index contributed by atoms with van der Waals surface area (Å²) in [7, 11) is -2.15. The van der Waals surface area contributed by atoms with Crippen molar-refractivity contribution in [3.63, 3.8) is 0 Å². The van der Waals surface area contributed by atoms with E-state index >= 15 is 0 Å². The summed E-state index contributed by atoms with van der Waals surface area (Å²) >= 11 is 0. The predicted molar refractivity (Wildman–Crippen MR) is 142 cm³/mol. The van der Waals surface area contributed by atoms with Crippen molar-refractivity contribution in [1.82, 2.24) is 25.3 Å². The molecule has 4 N–H and O–H groups in total. The van der Waals surface area contributed by atoms with Crippen LogP contribution in [0, 0.1) is 11.3 Å². The normalized spacial score (nSPS) is 16.3. The number of nitrogens with zero attached hydrogens (tertiary/aromatic N) is 4. The number of sulfone groups is 1. The third-order valence-electron chi connectivity index (χ3n) is 7.50. The molecule has 1 aliphatic heterocycles. The van der Waals surface area contributed by atoms with Crippen LogP contribution in [-0.2, 0) is 34.6 Å². The molecule has 1 aromatic heterocycles. The molecule has 1 aromatic carbocycles. The van der Waals surface area contributed by atoms with Gasteiger partial charge in [-0.05, 0) is 50.8 Å². The van der Waals surface area contributed by atoms with Gasteiger partial charge in [-0.3, -0.25) is 19.1 Å². The summed E-state index contributed by atoms with van der Waals surface area (Å²) in [5, 5.41) is 18.6. The van der Waals surface area contributed by atoms with Crippen molar-refractivity contribution in [2.75, 3.05) is 26.2 Å². The summed E-state index contributed by atoms with van der Waals surface area (Å²) in [5.41, 5.74) is 7.64. The van der Waals surface area contributed by atoms with Gasteiger partial charge in [0.2, 0.25) is 5.91 Å². The van der Waals surface area contributed by atoms with Crippen molar-refractivity contribution in [1.29, 1.82) is 5.26 Å².